The molecule has 0 unspecified atom stereocenters. The predicted octanol–water partition coefficient (Wildman–Crippen LogP) is 3.51. The van der Waals surface area contributed by atoms with Crippen LogP contribution in [0.5, 0.6) is 0 Å². The Morgan fingerprint density at radius 1 is 1.33 bits per heavy atom. The van der Waals surface area contributed by atoms with E-state index in [1.54, 1.807) is 0 Å². The van der Waals surface area contributed by atoms with E-state index in [4.69, 9.17) is 4.74 Å². The van der Waals surface area contributed by atoms with Crippen LogP contribution in [-0.2, 0) is 4.74 Å². The fraction of sp³-hybridized carbons (Fsp3) is 0.818. The van der Waals surface area contributed by atoms with Gasteiger partial charge in [0.15, 0.2) is 0 Å². The van der Waals surface area contributed by atoms with Crippen LogP contribution >= 0.6 is 0 Å². The van der Waals surface area contributed by atoms with Crippen molar-refractivity contribution < 1.29 is 4.74 Å². The highest BCUT2D eigenvalue weighted by atomic mass is 16.5. The molecule has 1 aliphatic heterocycles. The summed E-state index contributed by atoms with van der Waals surface area (Å²) in [7, 11) is 0. The van der Waals surface area contributed by atoms with Crippen LogP contribution in [0.3, 0.4) is 0 Å². The molecule has 0 atom stereocenters. The van der Waals surface area contributed by atoms with E-state index >= 15 is 0 Å². The van der Waals surface area contributed by atoms with Crippen molar-refractivity contribution in [3.63, 3.8) is 0 Å². The SMILES string of the molecule is CCC1=C(C(C)(C)C)CCCO1. The van der Waals surface area contributed by atoms with Crippen LogP contribution in [0.25, 0.3) is 0 Å². The molecule has 0 N–H and O–H groups in total. The minimum atomic E-state index is 0.297. The zero-order valence-electron chi connectivity index (χ0n) is 8.74. The van der Waals surface area contributed by atoms with Crippen molar-refractivity contribution in [1.29, 1.82) is 0 Å². The van der Waals surface area contributed by atoms with Crippen LogP contribution in [0, 0.1) is 5.41 Å². The van der Waals surface area contributed by atoms with E-state index in [1.165, 1.54) is 24.2 Å². The third-order valence-corrected chi connectivity index (χ3v) is 2.41. The van der Waals surface area contributed by atoms with Crippen molar-refractivity contribution in [2.75, 3.05) is 6.61 Å². The Morgan fingerprint density at radius 2 is 2.00 bits per heavy atom. The summed E-state index contributed by atoms with van der Waals surface area (Å²) in [4.78, 5) is 0. The maximum Gasteiger partial charge on any atom is 0.0954 e. The van der Waals surface area contributed by atoms with Crippen LogP contribution in [0.2, 0.25) is 0 Å². The molecule has 1 rings (SSSR count). The fourth-order valence-corrected chi connectivity index (χ4v) is 1.78. The van der Waals surface area contributed by atoms with Crippen LogP contribution in [0.4, 0.5) is 0 Å². The van der Waals surface area contributed by atoms with Gasteiger partial charge in [-0.1, -0.05) is 27.7 Å². The highest BCUT2D eigenvalue weighted by Crippen LogP contribution is 2.35. The van der Waals surface area contributed by atoms with Gasteiger partial charge in [-0.3, -0.25) is 0 Å². The molecule has 1 heteroatoms. The monoisotopic (exact) mass is 168 g/mol. The first-order valence-corrected chi connectivity index (χ1v) is 4.91. The zero-order chi connectivity index (χ0) is 9.19. The van der Waals surface area contributed by atoms with Gasteiger partial charge in [0, 0.05) is 6.42 Å². The Hall–Kier alpha value is -0.460. The van der Waals surface area contributed by atoms with E-state index in [0.717, 1.165) is 13.0 Å². The van der Waals surface area contributed by atoms with E-state index in [2.05, 4.69) is 27.7 Å². The van der Waals surface area contributed by atoms with Crippen LogP contribution in [0.15, 0.2) is 11.3 Å². The first-order chi connectivity index (χ1) is 5.55. The lowest BCUT2D eigenvalue weighted by Gasteiger charge is -2.30. The highest BCUT2D eigenvalue weighted by molar-refractivity contribution is 5.17. The van der Waals surface area contributed by atoms with Gasteiger partial charge in [0.25, 0.3) is 0 Å². The molecule has 0 fully saturated rings. The smallest absolute Gasteiger partial charge is 0.0954 e. The molecule has 0 radical (unpaired) electrons. The van der Waals surface area contributed by atoms with Crippen molar-refractivity contribution in [2.45, 2.75) is 47.0 Å². The van der Waals surface area contributed by atoms with Crippen molar-refractivity contribution in [2.24, 2.45) is 5.41 Å². The molecule has 0 aromatic heterocycles. The third-order valence-electron chi connectivity index (χ3n) is 2.41. The van der Waals surface area contributed by atoms with E-state index in [1.807, 2.05) is 0 Å². The average molecular weight is 168 g/mol. The van der Waals surface area contributed by atoms with E-state index in [-0.39, 0.29) is 0 Å². The second-order valence-electron chi connectivity index (χ2n) is 4.46. The topological polar surface area (TPSA) is 9.23 Å². The maximum absolute atomic E-state index is 5.65. The maximum atomic E-state index is 5.65. The van der Waals surface area contributed by atoms with Gasteiger partial charge in [-0.15, -0.1) is 0 Å². The Labute approximate surface area is 75.8 Å². The lowest BCUT2D eigenvalue weighted by atomic mass is 9.81. The van der Waals surface area contributed by atoms with Crippen molar-refractivity contribution >= 4 is 0 Å². The highest BCUT2D eigenvalue weighted by Gasteiger charge is 2.23. The molecule has 0 amide bonds. The van der Waals surface area contributed by atoms with Gasteiger partial charge in [-0.25, -0.2) is 0 Å². The van der Waals surface area contributed by atoms with Gasteiger partial charge in [0.05, 0.1) is 12.4 Å². The third kappa shape index (κ3) is 2.02. The average Bonchev–Trinajstić information content (AvgIpc) is 2.03. The number of rotatable bonds is 1. The van der Waals surface area contributed by atoms with Gasteiger partial charge < -0.3 is 4.74 Å². The molecular formula is C11H20O. The lowest BCUT2D eigenvalue weighted by Crippen LogP contribution is -2.17. The van der Waals surface area contributed by atoms with E-state index in [0.29, 0.717) is 5.41 Å². The molecule has 0 saturated carbocycles. The zero-order valence-corrected chi connectivity index (χ0v) is 8.74. The Bertz CT molecular complexity index is 184. The van der Waals surface area contributed by atoms with Crippen LogP contribution in [-0.4, -0.2) is 6.61 Å². The van der Waals surface area contributed by atoms with Crippen LogP contribution in [0.1, 0.15) is 47.0 Å². The molecule has 12 heavy (non-hydrogen) atoms. The number of ether oxygens (including phenoxy) is 1. The summed E-state index contributed by atoms with van der Waals surface area (Å²) >= 11 is 0. The first-order valence-electron chi connectivity index (χ1n) is 4.91. The van der Waals surface area contributed by atoms with Gasteiger partial charge in [-0.2, -0.15) is 0 Å². The second kappa shape index (κ2) is 3.51. The van der Waals surface area contributed by atoms with E-state index < -0.39 is 0 Å². The molecule has 0 saturated heterocycles. The molecule has 1 nitrogen and oxygen atoms in total. The summed E-state index contributed by atoms with van der Waals surface area (Å²) in [5, 5.41) is 0. The Morgan fingerprint density at radius 3 is 2.42 bits per heavy atom. The summed E-state index contributed by atoms with van der Waals surface area (Å²) in [5.41, 5.74) is 1.82. The molecule has 0 aliphatic carbocycles. The molecule has 0 spiro atoms. The first kappa shape index (κ1) is 9.63. The summed E-state index contributed by atoms with van der Waals surface area (Å²) in [6.07, 6.45) is 3.47. The van der Waals surface area contributed by atoms with Crippen molar-refractivity contribution in [3.8, 4) is 0 Å². The lowest BCUT2D eigenvalue weighted by molar-refractivity contribution is 0.167. The number of hydrogen-bond acceptors (Lipinski definition) is 1. The standard InChI is InChI=1S/C11H20O/c1-5-10-9(11(2,3)4)7-6-8-12-10/h5-8H2,1-4H3. The Balaban J connectivity index is 2.87. The van der Waals surface area contributed by atoms with Crippen LogP contribution < -0.4 is 0 Å². The summed E-state index contributed by atoms with van der Waals surface area (Å²) < 4.78 is 5.65. The molecule has 1 heterocycles. The van der Waals surface area contributed by atoms with E-state index in [9.17, 15) is 0 Å². The Kier molecular flexibility index (Phi) is 2.81. The predicted molar refractivity (Wildman–Crippen MR) is 52.0 cm³/mol. The second-order valence-corrected chi connectivity index (χ2v) is 4.46. The van der Waals surface area contributed by atoms with Gasteiger partial charge >= 0.3 is 0 Å². The minimum absolute atomic E-state index is 0.297. The summed E-state index contributed by atoms with van der Waals surface area (Å²) in [6, 6.07) is 0. The molecule has 0 bridgehead atoms. The van der Waals surface area contributed by atoms with Gasteiger partial charge in [0.2, 0.25) is 0 Å². The number of allylic oxidation sites excluding steroid dienone is 2. The van der Waals surface area contributed by atoms with Crippen molar-refractivity contribution in [3.05, 3.63) is 11.3 Å². The molecule has 0 aromatic carbocycles. The minimum Gasteiger partial charge on any atom is -0.498 e. The normalized spacial score (nSPS) is 19.3. The van der Waals surface area contributed by atoms with Gasteiger partial charge in [0.1, 0.15) is 0 Å². The van der Waals surface area contributed by atoms with Gasteiger partial charge in [-0.05, 0) is 23.8 Å². The molecule has 70 valence electrons. The largest absolute Gasteiger partial charge is 0.498 e. The fourth-order valence-electron chi connectivity index (χ4n) is 1.78. The molecule has 1 aliphatic rings. The summed E-state index contributed by atoms with van der Waals surface area (Å²) in [5.74, 6) is 1.24. The number of hydrogen-bond donors (Lipinski definition) is 0. The summed E-state index contributed by atoms with van der Waals surface area (Å²) in [6.45, 7) is 9.90. The quantitative estimate of drug-likeness (QED) is 0.582. The van der Waals surface area contributed by atoms with Crippen molar-refractivity contribution in [1.82, 2.24) is 0 Å². The molecule has 0 aromatic rings. The molecular weight excluding hydrogens is 148 g/mol.